The number of benzene rings is 2. The molecule has 192 valence electrons. The van der Waals surface area contributed by atoms with Crippen molar-refractivity contribution < 1.29 is 25.8 Å². The Bertz CT molecular complexity index is 1580. The molecule has 0 bridgehead atoms. The number of thiophene rings is 1. The minimum absolute atomic E-state index is 0.0974. The van der Waals surface area contributed by atoms with Gasteiger partial charge in [0.25, 0.3) is 10.1 Å². The number of nitrogens with zero attached hydrogens (tertiary/aromatic N) is 2. The molecule has 12 heteroatoms. The summed E-state index contributed by atoms with van der Waals surface area (Å²) in [6.07, 6.45) is 2.49. The van der Waals surface area contributed by atoms with Crippen LogP contribution in [0.4, 0.5) is 0 Å². The lowest BCUT2D eigenvalue weighted by Crippen LogP contribution is -2.13. The van der Waals surface area contributed by atoms with Gasteiger partial charge in [-0.1, -0.05) is 35.9 Å². The Hall–Kier alpha value is -2.44. The fraction of sp³-hybridized carbons (Fsp3) is 0.292. The maximum absolute atomic E-state index is 12.5. The fourth-order valence-electron chi connectivity index (χ4n) is 3.70. The predicted molar refractivity (Wildman–Crippen MR) is 142 cm³/mol. The summed E-state index contributed by atoms with van der Waals surface area (Å²) in [5, 5.41) is 3.42. The SMILES string of the molecule is C[C@@H](Oc1csc(-n2cnc3ccc(CS(=O)(=O)CCCOS(C)(=O)=O)cc32)c1)c1ccccc1Cl. The Morgan fingerprint density at radius 2 is 1.89 bits per heavy atom. The minimum atomic E-state index is -3.59. The zero-order valence-electron chi connectivity index (χ0n) is 19.6. The van der Waals surface area contributed by atoms with E-state index in [-0.39, 0.29) is 30.6 Å². The monoisotopic (exact) mass is 568 g/mol. The Kier molecular flexibility index (Phi) is 8.06. The number of rotatable bonds is 11. The Labute approximate surface area is 219 Å². The van der Waals surface area contributed by atoms with Gasteiger partial charge in [-0.25, -0.2) is 13.4 Å². The van der Waals surface area contributed by atoms with Crippen molar-refractivity contribution in [3.05, 3.63) is 76.4 Å². The third-order valence-electron chi connectivity index (χ3n) is 5.35. The number of sulfone groups is 1. The molecule has 8 nitrogen and oxygen atoms in total. The van der Waals surface area contributed by atoms with Gasteiger partial charge in [-0.3, -0.25) is 8.75 Å². The van der Waals surface area contributed by atoms with Crippen LogP contribution in [0.5, 0.6) is 5.75 Å². The molecule has 1 atom stereocenters. The van der Waals surface area contributed by atoms with Crippen LogP contribution in [0.3, 0.4) is 0 Å². The Morgan fingerprint density at radius 3 is 2.64 bits per heavy atom. The van der Waals surface area contributed by atoms with Gasteiger partial charge in [-0.2, -0.15) is 8.42 Å². The van der Waals surface area contributed by atoms with Crippen LogP contribution in [0, 0.1) is 0 Å². The lowest BCUT2D eigenvalue weighted by atomic mass is 10.1. The van der Waals surface area contributed by atoms with Crippen LogP contribution in [-0.4, -0.2) is 45.0 Å². The van der Waals surface area contributed by atoms with E-state index in [1.165, 1.54) is 11.3 Å². The number of aromatic nitrogens is 2. The highest BCUT2D eigenvalue weighted by atomic mass is 35.5. The maximum atomic E-state index is 12.5. The second kappa shape index (κ2) is 10.9. The van der Waals surface area contributed by atoms with E-state index in [9.17, 15) is 16.8 Å². The molecule has 0 aliphatic carbocycles. The molecule has 0 spiro atoms. The number of imidazole rings is 1. The molecule has 36 heavy (non-hydrogen) atoms. The van der Waals surface area contributed by atoms with Crippen LogP contribution in [0.1, 0.15) is 30.6 Å². The van der Waals surface area contributed by atoms with Gasteiger partial charge in [0.1, 0.15) is 23.2 Å². The van der Waals surface area contributed by atoms with Crippen molar-refractivity contribution in [2.45, 2.75) is 25.2 Å². The fourth-order valence-corrected chi connectivity index (χ4v) is 6.61. The zero-order chi connectivity index (χ0) is 25.9. The molecule has 4 rings (SSSR count). The molecule has 4 aromatic rings. The molecule has 2 aromatic carbocycles. The van der Waals surface area contributed by atoms with Crippen molar-refractivity contribution in [2.75, 3.05) is 18.6 Å². The van der Waals surface area contributed by atoms with E-state index in [1.54, 1.807) is 24.5 Å². The van der Waals surface area contributed by atoms with Crippen LogP contribution < -0.4 is 4.74 Å². The molecular weight excluding hydrogens is 544 g/mol. The van der Waals surface area contributed by atoms with Gasteiger partial charge < -0.3 is 4.74 Å². The molecular formula is C24H25ClN2O6S3. The Morgan fingerprint density at radius 1 is 1.11 bits per heavy atom. The molecule has 2 heterocycles. The maximum Gasteiger partial charge on any atom is 0.264 e. The highest BCUT2D eigenvalue weighted by Crippen LogP contribution is 2.33. The van der Waals surface area contributed by atoms with Crippen molar-refractivity contribution in [1.82, 2.24) is 9.55 Å². The van der Waals surface area contributed by atoms with E-state index in [0.29, 0.717) is 16.3 Å². The van der Waals surface area contributed by atoms with Gasteiger partial charge in [0, 0.05) is 22.0 Å². The van der Waals surface area contributed by atoms with Gasteiger partial charge in [0.2, 0.25) is 0 Å². The van der Waals surface area contributed by atoms with Gasteiger partial charge in [0.05, 0.1) is 35.4 Å². The van der Waals surface area contributed by atoms with Crippen LogP contribution in [0.2, 0.25) is 5.02 Å². The average molecular weight is 569 g/mol. The van der Waals surface area contributed by atoms with E-state index in [4.69, 9.17) is 16.3 Å². The van der Waals surface area contributed by atoms with Crippen molar-refractivity contribution in [1.29, 1.82) is 0 Å². The molecule has 0 saturated heterocycles. The summed E-state index contributed by atoms with van der Waals surface area (Å²) in [4.78, 5) is 4.43. The van der Waals surface area contributed by atoms with E-state index < -0.39 is 20.0 Å². The first-order chi connectivity index (χ1) is 17.0. The molecule has 0 aliphatic rings. The standard InChI is InChI=1S/C24H25ClN2O6S3/c1-17(20-6-3-4-7-21(20)25)33-19-13-24(34-14-19)27-16-26-22-9-8-18(12-23(22)27)15-36(30,31)11-5-10-32-35(2,28)29/h3-4,6-9,12-14,16-17H,5,10-11,15H2,1-2H3/t17-/m1/s1. The van der Waals surface area contributed by atoms with Gasteiger partial charge in [-0.15, -0.1) is 11.3 Å². The van der Waals surface area contributed by atoms with Crippen LogP contribution >= 0.6 is 22.9 Å². The molecule has 0 fully saturated rings. The van der Waals surface area contributed by atoms with Gasteiger partial charge >= 0.3 is 0 Å². The first kappa shape index (κ1) is 26.6. The van der Waals surface area contributed by atoms with E-state index in [1.807, 2.05) is 47.2 Å². The summed E-state index contributed by atoms with van der Waals surface area (Å²) in [7, 11) is -7.04. The summed E-state index contributed by atoms with van der Waals surface area (Å²) in [5.74, 6) is 0.357. The second-order valence-electron chi connectivity index (χ2n) is 8.31. The highest BCUT2D eigenvalue weighted by molar-refractivity contribution is 7.90. The number of halogens is 1. The second-order valence-corrected chi connectivity index (χ2v) is 13.4. The first-order valence-electron chi connectivity index (χ1n) is 11.0. The molecule has 0 N–H and O–H groups in total. The summed E-state index contributed by atoms with van der Waals surface area (Å²) in [6, 6.07) is 14.8. The minimum Gasteiger partial charge on any atom is -0.485 e. The van der Waals surface area contributed by atoms with Crippen LogP contribution in [0.25, 0.3) is 16.0 Å². The summed E-state index contributed by atoms with van der Waals surface area (Å²) in [6.45, 7) is 1.77. The topological polar surface area (TPSA) is 105 Å². The summed E-state index contributed by atoms with van der Waals surface area (Å²) >= 11 is 7.77. The van der Waals surface area contributed by atoms with Crippen molar-refractivity contribution in [3.8, 4) is 10.8 Å². The molecule has 0 amide bonds. The largest absolute Gasteiger partial charge is 0.485 e. The van der Waals surface area contributed by atoms with Gasteiger partial charge in [-0.05, 0) is 37.1 Å². The molecule has 0 radical (unpaired) electrons. The van der Waals surface area contributed by atoms with Crippen molar-refractivity contribution >= 4 is 53.9 Å². The van der Waals surface area contributed by atoms with Crippen LogP contribution in [-0.2, 0) is 29.9 Å². The Balaban J connectivity index is 1.48. The third kappa shape index (κ3) is 6.86. The molecule has 0 saturated carbocycles. The average Bonchev–Trinajstić information content (AvgIpc) is 3.42. The summed E-state index contributed by atoms with van der Waals surface area (Å²) < 4.78 is 59.8. The number of ether oxygens (including phenoxy) is 1. The predicted octanol–water partition coefficient (Wildman–Crippen LogP) is 5.16. The molecule has 0 aliphatic heterocycles. The highest BCUT2D eigenvalue weighted by Gasteiger charge is 2.16. The number of fused-ring (bicyclic) bond motifs is 1. The van der Waals surface area contributed by atoms with Crippen molar-refractivity contribution in [3.63, 3.8) is 0 Å². The quantitative estimate of drug-likeness (QED) is 0.182. The summed E-state index contributed by atoms with van der Waals surface area (Å²) in [5.41, 5.74) is 3.02. The molecule has 0 unspecified atom stereocenters. The molecule has 2 aromatic heterocycles. The lowest BCUT2D eigenvalue weighted by molar-refractivity contribution is 0.228. The number of hydrogen-bond donors (Lipinski definition) is 0. The van der Waals surface area contributed by atoms with E-state index in [0.717, 1.165) is 27.9 Å². The van der Waals surface area contributed by atoms with Crippen LogP contribution in [0.15, 0.2) is 60.2 Å². The normalized spacial score (nSPS) is 13.2. The first-order valence-corrected chi connectivity index (χ1v) is 15.9. The van der Waals surface area contributed by atoms with Gasteiger partial charge in [0.15, 0.2) is 9.84 Å². The zero-order valence-corrected chi connectivity index (χ0v) is 22.8. The van der Waals surface area contributed by atoms with Crippen molar-refractivity contribution in [2.24, 2.45) is 0 Å². The lowest BCUT2D eigenvalue weighted by Gasteiger charge is -2.15. The smallest absolute Gasteiger partial charge is 0.264 e. The van der Waals surface area contributed by atoms with E-state index >= 15 is 0 Å². The number of hydrogen-bond acceptors (Lipinski definition) is 8. The third-order valence-corrected chi connectivity index (χ3v) is 8.88. The van der Waals surface area contributed by atoms with E-state index in [2.05, 4.69) is 9.17 Å².